The molecular weight excluding hydrogens is 268 g/mol. The lowest BCUT2D eigenvalue weighted by Crippen LogP contribution is -2.35. The normalized spacial score (nSPS) is 15.3. The highest BCUT2D eigenvalue weighted by molar-refractivity contribution is 5.80. The number of rotatable bonds is 8. The summed E-state index contributed by atoms with van der Waals surface area (Å²) in [6, 6.07) is 9.49. The molecule has 0 bridgehead atoms. The Morgan fingerprint density at radius 3 is 2.43 bits per heavy atom. The fourth-order valence-corrected chi connectivity index (χ4v) is 2.10. The van der Waals surface area contributed by atoms with Crippen LogP contribution in [0.3, 0.4) is 0 Å². The second-order valence-electron chi connectivity index (χ2n) is 5.70. The Hall–Kier alpha value is -1.88. The number of nitrogens with one attached hydrogen (secondary N) is 2. The zero-order valence-corrected chi connectivity index (χ0v) is 12.1. The molecule has 0 unspecified atom stereocenters. The number of hydrogen-bond acceptors (Lipinski definition) is 3. The molecule has 1 aliphatic rings. The van der Waals surface area contributed by atoms with Crippen molar-refractivity contribution < 1.29 is 14.7 Å². The third-order valence-electron chi connectivity index (χ3n) is 3.83. The molecule has 5 nitrogen and oxygen atoms in total. The van der Waals surface area contributed by atoms with E-state index in [0.717, 1.165) is 18.4 Å². The Balaban J connectivity index is 1.58. The number of carbonyl (C=O) groups is 2. The minimum Gasteiger partial charge on any atom is -0.396 e. The Labute approximate surface area is 124 Å². The van der Waals surface area contributed by atoms with Gasteiger partial charge in [-0.15, -0.1) is 0 Å². The van der Waals surface area contributed by atoms with Gasteiger partial charge in [0, 0.05) is 24.9 Å². The van der Waals surface area contributed by atoms with Crippen molar-refractivity contribution in [2.45, 2.75) is 25.7 Å². The van der Waals surface area contributed by atoms with Crippen molar-refractivity contribution in [1.29, 1.82) is 0 Å². The van der Waals surface area contributed by atoms with E-state index in [2.05, 4.69) is 10.6 Å². The van der Waals surface area contributed by atoms with Crippen LogP contribution in [-0.2, 0) is 16.0 Å². The van der Waals surface area contributed by atoms with Gasteiger partial charge in [0.2, 0.25) is 11.8 Å². The molecular formula is C16H22N2O3. The highest BCUT2D eigenvalue weighted by Gasteiger charge is 2.41. The molecule has 0 aromatic heterocycles. The van der Waals surface area contributed by atoms with E-state index < -0.39 is 0 Å². The average Bonchev–Trinajstić information content (AvgIpc) is 3.27. The highest BCUT2D eigenvalue weighted by atomic mass is 16.3. The van der Waals surface area contributed by atoms with Crippen LogP contribution in [-0.4, -0.2) is 36.6 Å². The molecule has 0 heterocycles. The van der Waals surface area contributed by atoms with E-state index in [0.29, 0.717) is 19.5 Å². The zero-order chi connectivity index (χ0) is 15.1. The predicted molar refractivity (Wildman–Crippen MR) is 79.5 cm³/mol. The lowest BCUT2D eigenvalue weighted by molar-refractivity contribution is -0.122. The van der Waals surface area contributed by atoms with E-state index in [4.69, 9.17) is 5.11 Å². The third-order valence-corrected chi connectivity index (χ3v) is 3.83. The van der Waals surface area contributed by atoms with Gasteiger partial charge in [-0.25, -0.2) is 0 Å². The van der Waals surface area contributed by atoms with E-state index in [1.807, 2.05) is 30.3 Å². The van der Waals surface area contributed by atoms with Crippen LogP contribution in [0, 0.1) is 5.41 Å². The van der Waals surface area contributed by atoms with E-state index in [1.165, 1.54) is 0 Å². The molecule has 2 amide bonds. The molecule has 0 spiro atoms. The van der Waals surface area contributed by atoms with Crippen LogP contribution >= 0.6 is 0 Å². The molecule has 1 aromatic carbocycles. The monoisotopic (exact) mass is 290 g/mol. The van der Waals surface area contributed by atoms with Crippen molar-refractivity contribution >= 4 is 11.8 Å². The van der Waals surface area contributed by atoms with E-state index in [9.17, 15) is 9.59 Å². The number of aliphatic hydroxyl groups excluding tert-OH is 1. The van der Waals surface area contributed by atoms with Gasteiger partial charge in [-0.05, 0) is 18.4 Å². The van der Waals surface area contributed by atoms with Crippen LogP contribution in [0.5, 0.6) is 0 Å². The summed E-state index contributed by atoms with van der Waals surface area (Å²) in [5, 5.41) is 14.7. The summed E-state index contributed by atoms with van der Waals surface area (Å²) in [6.07, 6.45) is 2.54. The maximum absolute atomic E-state index is 11.7. The quantitative estimate of drug-likeness (QED) is 0.657. The molecule has 1 fully saturated rings. The van der Waals surface area contributed by atoms with Crippen LogP contribution in [0.4, 0.5) is 0 Å². The van der Waals surface area contributed by atoms with Gasteiger partial charge in [-0.3, -0.25) is 9.59 Å². The fourth-order valence-electron chi connectivity index (χ4n) is 2.10. The van der Waals surface area contributed by atoms with Crippen LogP contribution in [0.25, 0.3) is 0 Å². The van der Waals surface area contributed by atoms with Crippen molar-refractivity contribution in [3.05, 3.63) is 35.9 Å². The smallest absolute Gasteiger partial charge is 0.224 e. The Bertz CT molecular complexity index is 484. The van der Waals surface area contributed by atoms with Crippen molar-refractivity contribution in [3.8, 4) is 0 Å². The largest absolute Gasteiger partial charge is 0.396 e. The van der Waals surface area contributed by atoms with Crippen molar-refractivity contribution in [2.75, 3.05) is 19.7 Å². The Kier molecular flexibility index (Phi) is 5.33. The Morgan fingerprint density at radius 2 is 1.81 bits per heavy atom. The first-order valence-corrected chi connectivity index (χ1v) is 7.32. The van der Waals surface area contributed by atoms with E-state index >= 15 is 0 Å². The summed E-state index contributed by atoms with van der Waals surface area (Å²) in [4.78, 5) is 23.3. The molecule has 0 saturated heterocycles. The summed E-state index contributed by atoms with van der Waals surface area (Å²) < 4.78 is 0. The maximum atomic E-state index is 11.7. The molecule has 3 N–H and O–H groups in total. The minimum absolute atomic E-state index is 0.0772. The predicted octanol–water partition coefficient (Wildman–Crippen LogP) is 0.624. The topological polar surface area (TPSA) is 78.4 Å². The molecule has 1 aromatic rings. The van der Waals surface area contributed by atoms with Gasteiger partial charge in [0.15, 0.2) is 0 Å². The second kappa shape index (κ2) is 7.22. The molecule has 5 heteroatoms. The molecule has 0 atom stereocenters. The highest BCUT2D eigenvalue weighted by Crippen LogP contribution is 2.44. The van der Waals surface area contributed by atoms with E-state index in [1.54, 1.807) is 0 Å². The number of hydrogen-bond donors (Lipinski definition) is 3. The van der Waals surface area contributed by atoms with Crippen LogP contribution in [0.2, 0.25) is 0 Å². The number of amides is 2. The molecule has 1 aliphatic carbocycles. The molecule has 1 saturated carbocycles. The van der Waals surface area contributed by atoms with Crippen molar-refractivity contribution in [1.82, 2.24) is 10.6 Å². The fraction of sp³-hybridized carbons (Fsp3) is 0.500. The summed E-state index contributed by atoms with van der Waals surface area (Å²) in [5.41, 5.74) is 0.879. The molecule has 114 valence electrons. The summed E-state index contributed by atoms with van der Waals surface area (Å²) in [7, 11) is 0. The van der Waals surface area contributed by atoms with Crippen LogP contribution in [0.1, 0.15) is 24.8 Å². The van der Waals surface area contributed by atoms with Crippen molar-refractivity contribution in [3.63, 3.8) is 0 Å². The van der Waals surface area contributed by atoms with Gasteiger partial charge in [0.1, 0.15) is 0 Å². The van der Waals surface area contributed by atoms with Gasteiger partial charge in [-0.2, -0.15) is 0 Å². The maximum Gasteiger partial charge on any atom is 0.224 e. The van der Waals surface area contributed by atoms with Gasteiger partial charge >= 0.3 is 0 Å². The summed E-state index contributed by atoms with van der Waals surface area (Å²) >= 11 is 0. The first-order chi connectivity index (χ1) is 10.1. The van der Waals surface area contributed by atoms with Crippen molar-refractivity contribution in [2.24, 2.45) is 5.41 Å². The SMILES string of the molecule is O=C(CCNC(=O)Cc1ccccc1)NCC1(CO)CC1. The molecule has 21 heavy (non-hydrogen) atoms. The first kappa shape index (κ1) is 15.5. The molecule has 2 rings (SSSR count). The number of aliphatic hydroxyl groups is 1. The van der Waals surface area contributed by atoms with Gasteiger partial charge in [0.05, 0.1) is 13.0 Å². The van der Waals surface area contributed by atoms with Crippen LogP contribution < -0.4 is 10.6 Å². The molecule has 0 radical (unpaired) electrons. The Morgan fingerprint density at radius 1 is 1.10 bits per heavy atom. The second-order valence-corrected chi connectivity index (χ2v) is 5.70. The van der Waals surface area contributed by atoms with Gasteiger partial charge in [-0.1, -0.05) is 30.3 Å². The standard InChI is InChI=1S/C16H22N2O3/c19-12-16(7-8-16)11-18-14(20)6-9-17-15(21)10-13-4-2-1-3-5-13/h1-5,19H,6-12H2,(H,17,21)(H,18,20). The summed E-state index contributed by atoms with van der Waals surface area (Å²) in [5.74, 6) is -0.169. The minimum atomic E-state index is -0.0882. The summed E-state index contributed by atoms with van der Waals surface area (Å²) in [6.45, 7) is 0.991. The van der Waals surface area contributed by atoms with Gasteiger partial charge < -0.3 is 15.7 Å². The lowest BCUT2D eigenvalue weighted by atomic mass is 10.1. The third kappa shape index (κ3) is 5.19. The molecule has 0 aliphatic heterocycles. The average molecular weight is 290 g/mol. The number of benzene rings is 1. The first-order valence-electron chi connectivity index (χ1n) is 7.32. The van der Waals surface area contributed by atoms with Gasteiger partial charge in [0.25, 0.3) is 0 Å². The zero-order valence-electron chi connectivity index (χ0n) is 12.1. The lowest BCUT2D eigenvalue weighted by Gasteiger charge is -2.12. The van der Waals surface area contributed by atoms with Crippen LogP contribution in [0.15, 0.2) is 30.3 Å². The number of carbonyl (C=O) groups excluding carboxylic acids is 2. The van der Waals surface area contributed by atoms with E-state index in [-0.39, 0.29) is 30.3 Å².